The smallest absolute Gasteiger partial charge is 0.256 e. The third-order valence-corrected chi connectivity index (χ3v) is 5.13. The number of anilines is 1. The van der Waals surface area contributed by atoms with Gasteiger partial charge >= 0.3 is 0 Å². The summed E-state index contributed by atoms with van der Waals surface area (Å²) < 4.78 is 10.9. The van der Waals surface area contributed by atoms with Crippen LogP contribution in [0.15, 0.2) is 52.3 Å². The molecule has 3 rings (SSSR count). The molecule has 2 aromatic rings. The van der Waals surface area contributed by atoms with Gasteiger partial charge in [0.15, 0.2) is 6.29 Å². The van der Waals surface area contributed by atoms with Gasteiger partial charge in [-0.1, -0.05) is 23.9 Å². The van der Waals surface area contributed by atoms with E-state index in [1.54, 1.807) is 18.2 Å². The molecule has 1 aliphatic rings. The van der Waals surface area contributed by atoms with Gasteiger partial charge in [0, 0.05) is 28.6 Å². The van der Waals surface area contributed by atoms with E-state index in [2.05, 4.69) is 10.6 Å². The lowest BCUT2D eigenvalue weighted by molar-refractivity contribution is -0.131. The van der Waals surface area contributed by atoms with Gasteiger partial charge in [-0.15, -0.1) is 0 Å². The van der Waals surface area contributed by atoms with E-state index in [1.165, 1.54) is 11.8 Å². The van der Waals surface area contributed by atoms with E-state index in [0.29, 0.717) is 30.0 Å². The molecule has 0 unspecified atom stereocenters. The number of amides is 2. The van der Waals surface area contributed by atoms with E-state index in [-0.39, 0.29) is 18.4 Å². The van der Waals surface area contributed by atoms with Crippen LogP contribution in [0.2, 0.25) is 0 Å². The van der Waals surface area contributed by atoms with Gasteiger partial charge in [-0.25, -0.2) is 0 Å². The summed E-state index contributed by atoms with van der Waals surface area (Å²) in [6.45, 7) is 5.01. The number of nitrogens with one attached hydrogen (secondary N) is 2. The van der Waals surface area contributed by atoms with E-state index in [4.69, 9.17) is 9.47 Å². The maximum Gasteiger partial charge on any atom is 0.256 e. The number of hydrogen-bond acceptors (Lipinski definition) is 5. The molecule has 0 aromatic heterocycles. The number of fused-ring (bicyclic) bond motifs is 2. The first-order valence-corrected chi connectivity index (χ1v) is 9.67. The van der Waals surface area contributed by atoms with Gasteiger partial charge < -0.3 is 20.1 Å². The Labute approximate surface area is 162 Å². The highest BCUT2D eigenvalue weighted by molar-refractivity contribution is 7.99. The molecule has 0 saturated carbocycles. The van der Waals surface area contributed by atoms with Crippen LogP contribution in [0.5, 0.6) is 0 Å². The number of carbonyl (C=O) groups is 2. The summed E-state index contributed by atoms with van der Waals surface area (Å²) in [7, 11) is 0. The molecule has 0 atom stereocenters. The van der Waals surface area contributed by atoms with Crippen LogP contribution < -0.4 is 10.6 Å². The molecule has 1 aliphatic heterocycles. The lowest BCUT2D eigenvalue weighted by Gasteiger charge is -2.17. The predicted molar refractivity (Wildman–Crippen MR) is 104 cm³/mol. The molecule has 27 heavy (non-hydrogen) atoms. The van der Waals surface area contributed by atoms with Crippen molar-refractivity contribution < 1.29 is 19.1 Å². The van der Waals surface area contributed by atoms with Gasteiger partial charge in [0.25, 0.3) is 11.8 Å². The summed E-state index contributed by atoms with van der Waals surface area (Å²) in [5.41, 5.74) is 1.72. The Morgan fingerprint density at radius 1 is 1.11 bits per heavy atom. The third kappa shape index (κ3) is 4.68. The highest BCUT2D eigenvalue weighted by atomic mass is 32.2. The summed E-state index contributed by atoms with van der Waals surface area (Å²) in [6.07, 6.45) is -0.477. The zero-order chi connectivity index (χ0) is 19.2. The first kappa shape index (κ1) is 19.4. The van der Waals surface area contributed by atoms with Crippen LogP contribution in [0.3, 0.4) is 0 Å². The van der Waals surface area contributed by atoms with Gasteiger partial charge in [0.1, 0.15) is 0 Å². The third-order valence-electron chi connectivity index (χ3n) is 3.98. The molecule has 0 aliphatic carbocycles. The fourth-order valence-corrected chi connectivity index (χ4v) is 3.74. The van der Waals surface area contributed by atoms with Crippen molar-refractivity contribution in [1.29, 1.82) is 0 Å². The minimum Gasteiger partial charge on any atom is -0.351 e. The van der Waals surface area contributed by atoms with Crippen molar-refractivity contribution in [3.05, 3.63) is 53.6 Å². The average Bonchev–Trinajstić information content (AvgIpc) is 2.81. The van der Waals surface area contributed by atoms with Crippen LogP contribution >= 0.6 is 11.8 Å². The van der Waals surface area contributed by atoms with Crippen molar-refractivity contribution in [2.45, 2.75) is 29.9 Å². The summed E-state index contributed by atoms with van der Waals surface area (Å²) >= 11 is 1.50. The summed E-state index contributed by atoms with van der Waals surface area (Å²) in [4.78, 5) is 26.7. The quantitative estimate of drug-likeness (QED) is 0.712. The molecular weight excluding hydrogens is 364 g/mol. The van der Waals surface area contributed by atoms with E-state index in [9.17, 15) is 9.59 Å². The van der Waals surface area contributed by atoms with Crippen LogP contribution in [0.1, 0.15) is 34.6 Å². The predicted octanol–water partition coefficient (Wildman–Crippen LogP) is 3.53. The maximum atomic E-state index is 12.5. The van der Waals surface area contributed by atoms with Gasteiger partial charge in [0.05, 0.1) is 17.8 Å². The second kappa shape index (κ2) is 9.03. The Morgan fingerprint density at radius 2 is 1.85 bits per heavy atom. The summed E-state index contributed by atoms with van der Waals surface area (Å²) in [5, 5.41) is 5.70. The zero-order valence-electron chi connectivity index (χ0n) is 15.3. The van der Waals surface area contributed by atoms with Crippen molar-refractivity contribution in [3.8, 4) is 0 Å². The van der Waals surface area contributed by atoms with E-state index in [0.717, 1.165) is 9.79 Å². The van der Waals surface area contributed by atoms with Crippen LogP contribution in [0.4, 0.5) is 5.69 Å². The lowest BCUT2D eigenvalue weighted by Crippen LogP contribution is -2.35. The topological polar surface area (TPSA) is 76.7 Å². The van der Waals surface area contributed by atoms with Crippen LogP contribution in [-0.4, -0.2) is 37.9 Å². The van der Waals surface area contributed by atoms with Crippen molar-refractivity contribution in [3.63, 3.8) is 0 Å². The van der Waals surface area contributed by atoms with E-state index >= 15 is 0 Å². The molecular formula is C20H22N2O4S. The molecule has 2 aromatic carbocycles. The van der Waals surface area contributed by atoms with Gasteiger partial charge in [-0.3, -0.25) is 9.59 Å². The second-order valence-electron chi connectivity index (χ2n) is 5.81. The maximum absolute atomic E-state index is 12.5. The van der Waals surface area contributed by atoms with Crippen molar-refractivity contribution in [2.75, 3.05) is 25.1 Å². The Morgan fingerprint density at radius 3 is 2.59 bits per heavy atom. The summed E-state index contributed by atoms with van der Waals surface area (Å²) in [6, 6.07) is 12.7. The van der Waals surface area contributed by atoms with Crippen LogP contribution in [0, 0.1) is 0 Å². The number of hydrogen-bond donors (Lipinski definition) is 2. The Kier molecular flexibility index (Phi) is 6.49. The second-order valence-corrected chi connectivity index (χ2v) is 6.90. The van der Waals surface area contributed by atoms with E-state index < -0.39 is 6.29 Å². The fraction of sp³-hybridized carbons (Fsp3) is 0.300. The van der Waals surface area contributed by atoms with Crippen molar-refractivity contribution in [2.24, 2.45) is 0 Å². The van der Waals surface area contributed by atoms with Gasteiger partial charge in [0.2, 0.25) is 0 Å². The van der Waals surface area contributed by atoms with Crippen molar-refractivity contribution in [1.82, 2.24) is 5.32 Å². The van der Waals surface area contributed by atoms with Gasteiger partial charge in [-0.05, 0) is 44.2 Å². The molecule has 6 nitrogen and oxygen atoms in total. The Balaban J connectivity index is 1.74. The standard InChI is InChI=1S/C20H22N2O4S/c1-3-25-18(26-4-2)12-21-19(23)13-9-10-17-15(11-13)22-20(24)14-7-5-6-8-16(14)27-17/h5-11,18H,3-4,12H2,1-2H3,(H,21,23)(H,22,24). The normalized spacial score (nSPS) is 12.8. The molecule has 0 radical (unpaired) electrons. The minimum absolute atomic E-state index is 0.179. The average molecular weight is 386 g/mol. The molecule has 142 valence electrons. The highest BCUT2D eigenvalue weighted by Gasteiger charge is 2.21. The first-order chi connectivity index (χ1) is 13.1. The molecule has 7 heteroatoms. The summed E-state index contributed by atoms with van der Waals surface area (Å²) in [5.74, 6) is -0.426. The monoisotopic (exact) mass is 386 g/mol. The molecule has 0 bridgehead atoms. The number of benzene rings is 2. The highest BCUT2D eigenvalue weighted by Crippen LogP contribution is 2.38. The van der Waals surface area contributed by atoms with Crippen LogP contribution in [-0.2, 0) is 9.47 Å². The molecule has 0 saturated heterocycles. The van der Waals surface area contributed by atoms with E-state index in [1.807, 2.05) is 38.1 Å². The number of ether oxygens (including phenoxy) is 2. The minimum atomic E-state index is -0.477. The fourth-order valence-electron chi connectivity index (χ4n) is 2.73. The zero-order valence-corrected chi connectivity index (χ0v) is 16.1. The molecule has 0 fully saturated rings. The Bertz CT molecular complexity index is 834. The molecule has 0 spiro atoms. The first-order valence-electron chi connectivity index (χ1n) is 8.86. The molecule has 2 N–H and O–H groups in total. The SMILES string of the molecule is CCOC(CNC(=O)c1ccc2c(c1)NC(=O)c1ccccc1S2)OCC. The van der Waals surface area contributed by atoms with Crippen molar-refractivity contribution >= 4 is 29.3 Å². The number of rotatable bonds is 7. The molecule has 1 heterocycles. The largest absolute Gasteiger partial charge is 0.351 e. The van der Waals surface area contributed by atoms with Crippen LogP contribution in [0.25, 0.3) is 0 Å². The molecule has 2 amide bonds. The Hall–Kier alpha value is -2.35. The lowest BCUT2D eigenvalue weighted by atomic mass is 10.1. The number of carbonyl (C=O) groups excluding carboxylic acids is 2. The van der Waals surface area contributed by atoms with Gasteiger partial charge in [-0.2, -0.15) is 0 Å².